The van der Waals surface area contributed by atoms with E-state index >= 15 is 0 Å². The molecule has 2 unspecified atom stereocenters. The molecular weight excluding hydrogens is 264 g/mol. The number of hydrogen-bond acceptors (Lipinski definition) is 6. The van der Waals surface area contributed by atoms with Gasteiger partial charge in [-0.1, -0.05) is 36.9 Å². The summed E-state index contributed by atoms with van der Waals surface area (Å²) >= 11 is 3.30. The topological polar surface area (TPSA) is 61.6 Å². The summed E-state index contributed by atoms with van der Waals surface area (Å²) in [5.41, 5.74) is -0.456. The largest absolute Gasteiger partial charge is 0.300 e. The normalized spacial score (nSPS) is 15.9. The van der Waals surface area contributed by atoms with Crippen molar-refractivity contribution >= 4 is 23.1 Å². The Bertz CT molecular complexity index is 412. The Hall–Kier alpha value is -0.640. The second-order valence-electron chi connectivity index (χ2n) is 4.59. The molecule has 0 fully saturated rings. The predicted molar refractivity (Wildman–Crippen MR) is 76.9 cm³/mol. The Morgan fingerprint density at radius 2 is 2.28 bits per heavy atom. The minimum Gasteiger partial charge on any atom is -0.300 e. The molecule has 0 spiro atoms. The molecule has 0 saturated carbocycles. The first-order chi connectivity index (χ1) is 8.49. The number of aromatic nitrogens is 2. The maximum atomic E-state index is 9.28. The molecule has 100 valence electrons. The molecule has 1 aromatic heterocycles. The number of hydrogen-bond donors (Lipinski definition) is 1. The Morgan fingerprint density at radius 3 is 2.78 bits per heavy atom. The highest BCUT2D eigenvalue weighted by Gasteiger charge is 2.26. The first-order valence-corrected chi connectivity index (χ1v) is 7.81. The summed E-state index contributed by atoms with van der Waals surface area (Å²) in [7, 11) is 0. The van der Waals surface area contributed by atoms with Crippen molar-refractivity contribution < 1.29 is 0 Å². The zero-order chi connectivity index (χ0) is 13.6. The number of nitrogens with zero attached hydrogens (tertiary/aromatic N) is 3. The lowest BCUT2D eigenvalue weighted by atomic mass is 9.98. The Morgan fingerprint density at radius 1 is 1.56 bits per heavy atom. The van der Waals surface area contributed by atoms with Gasteiger partial charge >= 0.3 is 0 Å². The molecule has 1 heterocycles. The quantitative estimate of drug-likeness (QED) is 0.780. The lowest BCUT2D eigenvalue weighted by Crippen LogP contribution is -2.43. The van der Waals surface area contributed by atoms with E-state index in [0.717, 1.165) is 28.7 Å². The zero-order valence-electron chi connectivity index (χ0n) is 11.4. The highest BCUT2D eigenvalue weighted by atomic mass is 32.2. The SMILES string of the molecule is CCCNC(C)(C#N)CC(C)Sc1nnc(C)s1. The summed E-state index contributed by atoms with van der Waals surface area (Å²) in [6.45, 7) is 9.02. The number of nitrogens with one attached hydrogen (secondary N) is 1. The number of aryl methyl sites for hydroxylation is 1. The van der Waals surface area contributed by atoms with Gasteiger partial charge in [-0.2, -0.15) is 5.26 Å². The molecular formula is C12H20N4S2. The summed E-state index contributed by atoms with van der Waals surface area (Å²) in [5.74, 6) is 0. The minimum atomic E-state index is -0.456. The van der Waals surface area contributed by atoms with Gasteiger partial charge < -0.3 is 0 Å². The van der Waals surface area contributed by atoms with Crippen LogP contribution >= 0.6 is 23.1 Å². The molecule has 0 saturated heterocycles. The van der Waals surface area contributed by atoms with E-state index < -0.39 is 5.54 Å². The second-order valence-corrected chi connectivity index (χ2v) is 7.46. The lowest BCUT2D eigenvalue weighted by molar-refractivity contribution is 0.418. The summed E-state index contributed by atoms with van der Waals surface area (Å²) < 4.78 is 0.982. The van der Waals surface area contributed by atoms with Crippen LogP contribution in [0.5, 0.6) is 0 Å². The van der Waals surface area contributed by atoms with Crippen LogP contribution in [0.15, 0.2) is 4.34 Å². The van der Waals surface area contributed by atoms with E-state index in [4.69, 9.17) is 0 Å². The van der Waals surface area contributed by atoms with Gasteiger partial charge in [-0.15, -0.1) is 10.2 Å². The van der Waals surface area contributed by atoms with E-state index in [1.807, 2.05) is 13.8 Å². The third-order valence-corrected chi connectivity index (χ3v) is 4.54. The second kappa shape index (κ2) is 7.07. The summed E-state index contributed by atoms with van der Waals surface area (Å²) in [5, 5.41) is 22.0. The van der Waals surface area contributed by atoms with E-state index in [1.165, 1.54) is 0 Å². The van der Waals surface area contributed by atoms with Crippen molar-refractivity contribution in [3.63, 3.8) is 0 Å². The first kappa shape index (κ1) is 15.4. The van der Waals surface area contributed by atoms with Crippen molar-refractivity contribution in [2.45, 2.75) is 55.7 Å². The molecule has 1 rings (SSSR count). The number of rotatable bonds is 7. The average molecular weight is 284 g/mol. The predicted octanol–water partition coefficient (Wildman–Crippen LogP) is 3.00. The molecule has 1 N–H and O–H groups in total. The smallest absolute Gasteiger partial charge is 0.174 e. The van der Waals surface area contributed by atoms with Crippen molar-refractivity contribution in [1.29, 1.82) is 5.26 Å². The van der Waals surface area contributed by atoms with Crippen LogP contribution in [0.25, 0.3) is 0 Å². The molecule has 2 atom stereocenters. The Balaban J connectivity index is 2.52. The van der Waals surface area contributed by atoms with Crippen LogP contribution in [-0.4, -0.2) is 27.5 Å². The van der Waals surface area contributed by atoms with Gasteiger partial charge in [0.2, 0.25) is 0 Å². The van der Waals surface area contributed by atoms with Crippen molar-refractivity contribution in [2.75, 3.05) is 6.54 Å². The van der Waals surface area contributed by atoms with Gasteiger partial charge in [0.15, 0.2) is 4.34 Å². The molecule has 0 aromatic carbocycles. The Labute approximate surface area is 117 Å². The van der Waals surface area contributed by atoms with Crippen molar-refractivity contribution in [2.24, 2.45) is 0 Å². The first-order valence-electron chi connectivity index (χ1n) is 6.12. The van der Waals surface area contributed by atoms with Crippen LogP contribution < -0.4 is 5.32 Å². The molecule has 0 amide bonds. The summed E-state index contributed by atoms with van der Waals surface area (Å²) in [6, 6.07) is 2.38. The monoisotopic (exact) mass is 284 g/mol. The highest BCUT2D eigenvalue weighted by Crippen LogP contribution is 2.30. The van der Waals surface area contributed by atoms with Crippen LogP contribution in [0.2, 0.25) is 0 Å². The minimum absolute atomic E-state index is 0.339. The van der Waals surface area contributed by atoms with Gasteiger partial charge in [0.1, 0.15) is 10.5 Å². The fourth-order valence-electron chi connectivity index (χ4n) is 1.67. The molecule has 6 heteroatoms. The van der Waals surface area contributed by atoms with Gasteiger partial charge in [-0.25, -0.2) is 0 Å². The van der Waals surface area contributed by atoms with Gasteiger partial charge in [-0.3, -0.25) is 5.32 Å². The summed E-state index contributed by atoms with van der Waals surface area (Å²) in [4.78, 5) is 0. The number of thioether (sulfide) groups is 1. The molecule has 0 aliphatic rings. The van der Waals surface area contributed by atoms with Crippen molar-refractivity contribution in [1.82, 2.24) is 15.5 Å². The molecule has 0 aliphatic heterocycles. The van der Waals surface area contributed by atoms with Crippen LogP contribution in [0.4, 0.5) is 0 Å². The maximum absolute atomic E-state index is 9.28. The van der Waals surface area contributed by atoms with Crippen LogP contribution in [0.3, 0.4) is 0 Å². The molecule has 18 heavy (non-hydrogen) atoms. The van der Waals surface area contributed by atoms with Crippen LogP contribution in [0, 0.1) is 18.3 Å². The Kier molecular flexibility index (Phi) is 6.06. The van der Waals surface area contributed by atoms with Gasteiger partial charge in [0.05, 0.1) is 6.07 Å². The van der Waals surface area contributed by atoms with Gasteiger partial charge in [0, 0.05) is 5.25 Å². The van der Waals surface area contributed by atoms with E-state index in [-0.39, 0.29) is 0 Å². The lowest BCUT2D eigenvalue weighted by Gasteiger charge is -2.25. The van der Waals surface area contributed by atoms with E-state index in [1.54, 1.807) is 23.1 Å². The standard InChI is InChI=1S/C12H20N4S2/c1-5-6-14-12(4,8-13)7-9(2)17-11-16-15-10(3)18-11/h9,14H,5-7H2,1-4H3. The molecule has 4 nitrogen and oxygen atoms in total. The third kappa shape index (κ3) is 4.92. The van der Waals surface area contributed by atoms with E-state index in [9.17, 15) is 5.26 Å². The molecule has 0 bridgehead atoms. The summed E-state index contributed by atoms with van der Waals surface area (Å²) in [6.07, 6.45) is 1.83. The average Bonchev–Trinajstić information content (AvgIpc) is 2.72. The molecule has 1 aromatic rings. The molecule has 0 radical (unpaired) electrons. The van der Waals surface area contributed by atoms with E-state index in [0.29, 0.717) is 5.25 Å². The highest BCUT2D eigenvalue weighted by molar-refractivity contribution is 8.01. The number of nitriles is 1. The van der Waals surface area contributed by atoms with Crippen molar-refractivity contribution in [3.8, 4) is 6.07 Å². The van der Waals surface area contributed by atoms with E-state index in [2.05, 4.69) is 35.4 Å². The maximum Gasteiger partial charge on any atom is 0.174 e. The van der Waals surface area contributed by atoms with Crippen LogP contribution in [0.1, 0.15) is 38.6 Å². The van der Waals surface area contributed by atoms with Gasteiger partial charge in [0.25, 0.3) is 0 Å². The molecule has 0 aliphatic carbocycles. The van der Waals surface area contributed by atoms with Crippen molar-refractivity contribution in [3.05, 3.63) is 5.01 Å². The van der Waals surface area contributed by atoms with Crippen LogP contribution in [-0.2, 0) is 0 Å². The zero-order valence-corrected chi connectivity index (χ0v) is 13.0. The fraction of sp³-hybridized carbons (Fsp3) is 0.750. The fourth-order valence-corrected chi connectivity index (χ4v) is 3.98. The third-order valence-electron chi connectivity index (χ3n) is 2.52. The van der Waals surface area contributed by atoms with Gasteiger partial charge in [-0.05, 0) is 33.2 Å².